The van der Waals surface area contributed by atoms with Gasteiger partial charge in [0, 0.05) is 19.7 Å². The van der Waals surface area contributed by atoms with Crippen molar-refractivity contribution in [2.45, 2.75) is 44.4 Å². The first kappa shape index (κ1) is 15.1. The number of piperidine rings is 1. The second kappa shape index (κ2) is 6.90. The number of aliphatic carboxylic acids is 1. The molecule has 2 atom stereocenters. The lowest BCUT2D eigenvalue weighted by Gasteiger charge is -2.32. The Balaban J connectivity index is 1.70. The lowest BCUT2D eigenvalue weighted by atomic mass is 10.1. The van der Waals surface area contributed by atoms with Crippen LogP contribution in [0.5, 0.6) is 0 Å². The Kier molecular flexibility index (Phi) is 5.19. The number of hydrogen-bond donors (Lipinski definition) is 2. The van der Waals surface area contributed by atoms with E-state index in [1.807, 2.05) is 6.92 Å². The Hall–Kier alpha value is -1.34. The summed E-state index contributed by atoms with van der Waals surface area (Å²) in [6.07, 6.45) is 2.21. The Bertz CT molecular complexity index is 355. The van der Waals surface area contributed by atoms with Crippen LogP contribution < -0.4 is 5.32 Å². The number of nitrogens with zero attached hydrogens (tertiary/aromatic N) is 1. The van der Waals surface area contributed by atoms with E-state index in [0.717, 1.165) is 6.42 Å². The van der Waals surface area contributed by atoms with Crippen molar-refractivity contribution in [2.75, 3.05) is 26.3 Å². The lowest BCUT2D eigenvalue weighted by Crippen LogP contribution is -2.50. The summed E-state index contributed by atoms with van der Waals surface area (Å²) in [5.41, 5.74) is 0. The van der Waals surface area contributed by atoms with E-state index in [2.05, 4.69) is 5.32 Å². The van der Waals surface area contributed by atoms with Crippen LogP contribution in [0.3, 0.4) is 0 Å². The maximum absolute atomic E-state index is 12.1. The Morgan fingerprint density at radius 3 is 2.60 bits per heavy atom. The van der Waals surface area contributed by atoms with E-state index >= 15 is 0 Å². The second-order valence-electron chi connectivity index (χ2n) is 5.31. The summed E-state index contributed by atoms with van der Waals surface area (Å²) < 4.78 is 10.7. The smallest absolute Gasteiger partial charge is 0.329 e. The van der Waals surface area contributed by atoms with Gasteiger partial charge in [0.1, 0.15) is 6.61 Å². The second-order valence-corrected chi connectivity index (χ2v) is 5.31. The van der Waals surface area contributed by atoms with Gasteiger partial charge in [0.05, 0.1) is 18.2 Å². The number of amides is 2. The van der Waals surface area contributed by atoms with Crippen LogP contribution in [0.4, 0.5) is 4.79 Å². The van der Waals surface area contributed by atoms with E-state index in [1.165, 1.54) is 0 Å². The van der Waals surface area contributed by atoms with Gasteiger partial charge in [0.15, 0.2) is 0 Å². The third kappa shape index (κ3) is 4.08. The zero-order valence-corrected chi connectivity index (χ0v) is 11.7. The van der Waals surface area contributed by atoms with Crippen molar-refractivity contribution in [3.05, 3.63) is 0 Å². The fraction of sp³-hybridized carbons (Fsp3) is 0.846. The van der Waals surface area contributed by atoms with Gasteiger partial charge in [-0.3, -0.25) is 0 Å². The summed E-state index contributed by atoms with van der Waals surface area (Å²) in [4.78, 5) is 24.3. The molecule has 0 aromatic rings. The molecule has 0 bridgehead atoms. The average molecular weight is 286 g/mol. The van der Waals surface area contributed by atoms with Crippen LogP contribution >= 0.6 is 0 Å². The van der Waals surface area contributed by atoms with Crippen LogP contribution in [-0.4, -0.2) is 66.6 Å². The summed E-state index contributed by atoms with van der Waals surface area (Å²) in [6, 6.07) is 0.0209. The Morgan fingerprint density at radius 1 is 1.35 bits per heavy atom. The summed E-state index contributed by atoms with van der Waals surface area (Å²) in [5, 5.41) is 11.5. The van der Waals surface area contributed by atoms with Crippen LogP contribution in [-0.2, 0) is 14.3 Å². The van der Waals surface area contributed by atoms with Gasteiger partial charge in [0.25, 0.3) is 0 Å². The van der Waals surface area contributed by atoms with Gasteiger partial charge in [-0.2, -0.15) is 0 Å². The van der Waals surface area contributed by atoms with Gasteiger partial charge in [-0.25, -0.2) is 9.59 Å². The van der Waals surface area contributed by atoms with E-state index in [4.69, 9.17) is 14.6 Å². The van der Waals surface area contributed by atoms with E-state index in [9.17, 15) is 9.59 Å². The molecule has 0 aromatic carbocycles. The van der Waals surface area contributed by atoms with Crippen molar-refractivity contribution in [3.8, 4) is 0 Å². The van der Waals surface area contributed by atoms with Crippen LogP contribution in [0.15, 0.2) is 0 Å². The molecule has 2 fully saturated rings. The van der Waals surface area contributed by atoms with E-state index < -0.39 is 5.97 Å². The predicted molar refractivity (Wildman–Crippen MR) is 70.5 cm³/mol. The van der Waals surface area contributed by atoms with Gasteiger partial charge in [-0.1, -0.05) is 0 Å². The van der Waals surface area contributed by atoms with Crippen molar-refractivity contribution in [2.24, 2.45) is 0 Å². The number of hydrogen-bond acceptors (Lipinski definition) is 4. The van der Waals surface area contributed by atoms with Crippen LogP contribution in [0.25, 0.3) is 0 Å². The van der Waals surface area contributed by atoms with Crippen LogP contribution in [0.2, 0.25) is 0 Å². The first-order valence-corrected chi connectivity index (χ1v) is 7.06. The molecule has 2 unspecified atom stereocenters. The van der Waals surface area contributed by atoms with Crippen molar-refractivity contribution in [3.63, 3.8) is 0 Å². The number of ether oxygens (including phenoxy) is 2. The maximum atomic E-state index is 12.1. The van der Waals surface area contributed by atoms with E-state index in [-0.39, 0.29) is 30.9 Å². The molecule has 2 aliphatic rings. The van der Waals surface area contributed by atoms with Crippen molar-refractivity contribution in [1.82, 2.24) is 10.2 Å². The third-order valence-electron chi connectivity index (χ3n) is 3.86. The highest BCUT2D eigenvalue weighted by Crippen LogP contribution is 2.16. The lowest BCUT2D eigenvalue weighted by molar-refractivity contribution is -0.145. The maximum Gasteiger partial charge on any atom is 0.329 e. The molecular formula is C13H22N2O5. The van der Waals surface area contributed by atoms with Crippen LogP contribution in [0.1, 0.15) is 26.2 Å². The zero-order valence-electron chi connectivity index (χ0n) is 11.7. The molecule has 114 valence electrons. The number of likely N-dealkylation sites (tertiary alicyclic amines) is 1. The highest BCUT2D eigenvalue weighted by molar-refractivity contribution is 5.74. The molecule has 0 aliphatic carbocycles. The van der Waals surface area contributed by atoms with E-state index in [1.54, 1.807) is 4.90 Å². The molecule has 2 amide bonds. The number of carbonyl (C=O) groups excluding carboxylic acids is 1. The number of carbonyl (C=O) groups is 2. The Labute approximate surface area is 118 Å². The first-order chi connectivity index (χ1) is 9.56. The molecule has 0 aromatic heterocycles. The quantitative estimate of drug-likeness (QED) is 0.783. The molecule has 2 heterocycles. The molecule has 7 nitrogen and oxygen atoms in total. The van der Waals surface area contributed by atoms with Gasteiger partial charge in [-0.15, -0.1) is 0 Å². The minimum absolute atomic E-state index is 0.0652. The normalized spacial score (nSPS) is 27.6. The molecule has 2 aliphatic heterocycles. The fourth-order valence-corrected chi connectivity index (χ4v) is 2.59. The molecule has 20 heavy (non-hydrogen) atoms. The van der Waals surface area contributed by atoms with E-state index in [0.29, 0.717) is 32.5 Å². The van der Waals surface area contributed by atoms with Crippen LogP contribution in [0, 0.1) is 0 Å². The predicted octanol–water partition coefficient (Wildman–Crippen LogP) is 0.439. The number of rotatable bonds is 4. The number of urea groups is 1. The fourth-order valence-electron chi connectivity index (χ4n) is 2.59. The molecule has 0 saturated carbocycles. The Morgan fingerprint density at radius 2 is 2.05 bits per heavy atom. The molecule has 2 N–H and O–H groups in total. The van der Waals surface area contributed by atoms with Crippen molar-refractivity contribution >= 4 is 12.0 Å². The largest absolute Gasteiger partial charge is 0.480 e. The molecule has 2 rings (SSSR count). The molecule has 2 saturated heterocycles. The van der Waals surface area contributed by atoms with Gasteiger partial charge >= 0.3 is 12.0 Å². The van der Waals surface area contributed by atoms with Crippen molar-refractivity contribution < 1.29 is 24.2 Å². The van der Waals surface area contributed by atoms with Gasteiger partial charge in [0.2, 0.25) is 0 Å². The SMILES string of the molecule is CC1OCCC1NC(=O)N1CCC(OCC(=O)O)CC1. The topological polar surface area (TPSA) is 88.1 Å². The summed E-state index contributed by atoms with van der Waals surface area (Å²) >= 11 is 0. The third-order valence-corrected chi connectivity index (χ3v) is 3.86. The highest BCUT2D eigenvalue weighted by atomic mass is 16.5. The van der Waals surface area contributed by atoms with Crippen molar-refractivity contribution in [1.29, 1.82) is 0 Å². The van der Waals surface area contributed by atoms with Gasteiger partial charge in [-0.05, 0) is 26.2 Å². The zero-order chi connectivity index (χ0) is 14.5. The first-order valence-electron chi connectivity index (χ1n) is 7.06. The number of carboxylic acid groups (broad SMARTS) is 1. The monoisotopic (exact) mass is 286 g/mol. The number of carboxylic acids is 1. The molecular weight excluding hydrogens is 264 g/mol. The molecule has 0 radical (unpaired) electrons. The minimum atomic E-state index is -0.958. The summed E-state index contributed by atoms with van der Waals surface area (Å²) in [7, 11) is 0. The highest BCUT2D eigenvalue weighted by Gasteiger charge is 2.29. The molecule has 0 spiro atoms. The molecule has 7 heteroatoms. The summed E-state index contributed by atoms with van der Waals surface area (Å²) in [5.74, 6) is -0.958. The van der Waals surface area contributed by atoms with Gasteiger partial charge < -0.3 is 24.8 Å². The average Bonchev–Trinajstić information content (AvgIpc) is 2.82. The number of nitrogens with one attached hydrogen (secondary N) is 1. The summed E-state index contributed by atoms with van der Waals surface area (Å²) in [6.45, 7) is 3.57. The minimum Gasteiger partial charge on any atom is -0.480 e. The standard InChI is InChI=1S/C13H22N2O5/c1-9-11(4-7-19-9)14-13(18)15-5-2-10(3-6-15)20-8-12(16)17/h9-11H,2-8H2,1H3,(H,14,18)(H,16,17).